The van der Waals surface area contributed by atoms with Gasteiger partial charge < -0.3 is 5.32 Å². The van der Waals surface area contributed by atoms with Crippen LogP contribution in [-0.2, 0) is 15.8 Å². The van der Waals surface area contributed by atoms with E-state index in [0.717, 1.165) is 17.0 Å². The molecule has 2 amide bonds. The van der Waals surface area contributed by atoms with Gasteiger partial charge in [-0.3, -0.25) is 9.59 Å². The fraction of sp³-hybridized carbons (Fsp3) is 0.0417. The summed E-state index contributed by atoms with van der Waals surface area (Å²) in [5.41, 5.74) is -0.175. The number of hydrogen-bond acceptors (Lipinski definition) is 4. The first-order valence-corrected chi connectivity index (χ1v) is 9.90. The minimum absolute atomic E-state index is 0.00545. The van der Waals surface area contributed by atoms with Crippen LogP contribution in [0.4, 0.5) is 24.5 Å². The zero-order valence-electron chi connectivity index (χ0n) is 16.7. The molecule has 0 saturated carbocycles. The molecule has 0 fully saturated rings. The molecule has 164 valence electrons. The van der Waals surface area contributed by atoms with E-state index in [0.29, 0.717) is 16.1 Å². The average molecular weight is 468 g/mol. The van der Waals surface area contributed by atoms with Crippen molar-refractivity contribution >= 4 is 40.4 Å². The van der Waals surface area contributed by atoms with Gasteiger partial charge >= 0.3 is 6.18 Å². The number of halogens is 4. The summed E-state index contributed by atoms with van der Waals surface area (Å²) >= 11 is 5.94. The highest BCUT2D eigenvalue weighted by molar-refractivity contribution is 6.46. The first-order chi connectivity index (χ1) is 15.7. The number of benzene rings is 3. The van der Waals surface area contributed by atoms with E-state index in [1.165, 1.54) is 48.5 Å². The summed E-state index contributed by atoms with van der Waals surface area (Å²) in [6.07, 6.45) is -4.57. The van der Waals surface area contributed by atoms with Gasteiger partial charge in [0.25, 0.3) is 11.8 Å². The van der Waals surface area contributed by atoms with E-state index in [-0.39, 0.29) is 22.6 Å². The molecular weight excluding hydrogens is 455 g/mol. The van der Waals surface area contributed by atoms with Crippen LogP contribution in [0.2, 0.25) is 5.02 Å². The lowest BCUT2D eigenvalue weighted by Crippen LogP contribution is -2.32. The summed E-state index contributed by atoms with van der Waals surface area (Å²) in [5, 5.41) is 12.1. The van der Waals surface area contributed by atoms with E-state index in [1.54, 1.807) is 12.1 Å². The van der Waals surface area contributed by atoms with E-state index in [4.69, 9.17) is 16.9 Å². The lowest BCUT2D eigenvalue weighted by molar-refractivity contribution is -0.137. The smallest absolute Gasteiger partial charge is 0.350 e. The van der Waals surface area contributed by atoms with E-state index in [2.05, 4.69) is 5.32 Å². The number of carbonyl (C=O) groups excluding carboxylic acids is 2. The minimum Gasteiger partial charge on any atom is -0.350 e. The molecule has 1 aliphatic rings. The van der Waals surface area contributed by atoms with Gasteiger partial charge in [-0.1, -0.05) is 29.8 Å². The quantitative estimate of drug-likeness (QED) is 0.505. The number of hydrogen-bond donors (Lipinski definition) is 1. The Kier molecular flexibility index (Phi) is 5.66. The van der Waals surface area contributed by atoms with Crippen LogP contribution in [-0.4, -0.2) is 11.8 Å². The van der Waals surface area contributed by atoms with E-state index >= 15 is 0 Å². The summed E-state index contributed by atoms with van der Waals surface area (Å²) in [6, 6.07) is 18.2. The SMILES string of the molecule is N#Cc1ccc(N2C(=O)C(Nc3cccc(C(F)(F)F)c3)=C(c3ccc(Cl)cc3)C2=O)cc1. The molecule has 0 aromatic heterocycles. The normalized spacial score (nSPS) is 14.0. The van der Waals surface area contributed by atoms with Crippen LogP contribution in [0.25, 0.3) is 5.57 Å². The van der Waals surface area contributed by atoms with Gasteiger partial charge in [-0.25, -0.2) is 4.90 Å². The molecule has 5 nitrogen and oxygen atoms in total. The van der Waals surface area contributed by atoms with Crippen molar-refractivity contribution in [2.75, 3.05) is 10.2 Å². The molecule has 33 heavy (non-hydrogen) atoms. The maximum atomic E-state index is 13.3. The van der Waals surface area contributed by atoms with Crippen LogP contribution in [0.15, 0.2) is 78.5 Å². The van der Waals surface area contributed by atoms with E-state index in [9.17, 15) is 22.8 Å². The summed E-state index contributed by atoms with van der Waals surface area (Å²) in [5.74, 6) is -1.41. The lowest BCUT2D eigenvalue weighted by atomic mass is 10.0. The summed E-state index contributed by atoms with van der Waals surface area (Å²) in [4.78, 5) is 27.5. The maximum absolute atomic E-state index is 13.3. The molecule has 0 saturated heterocycles. The van der Waals surface area contributed by atoms with Gasteiger partial charge in [0.1, 0.15) is 5.70 Å². The molecule has 1 heterocycles. The number of nitrogens with one attached hydrogen (secondary N) is 1. The Morgan fingerprint density at radius 1 is 0.909 bits per heavy atom. The standard InChI is InChI=1S/C24H13ClF3N3O2/c25-17-8-6-15(7-9-17)20-21(30-18-3-1-2-16(12-18)24(26,27)28)23(33)31(22(20)32)19-10-4-14(13-29)5-11-19/h1-12,30H. The molecule has 0 spiro atoms. The fourth-order valence-corrected chi connectivity index (χ4v) is 3.49. The monoisotopic (exact) mass is 467 g/mol. The van der Waals surface area contributed by atoms with Gasteiger partial charge in [-0.2, -0.15) is 18.4 Å². The number of amides is 2. The lowest BCUT2D eigenvalue weighted by Gasteiger charge is -2.15. The highest BCUT2D eigenvalue weighted by atomic mass is 35.5. The summed E-state index contributed by atoms with van der Waals surface area (Å²) < 4.78 is 39.4. The predicted molar refractivity (Wildman–Crippen MR) is 117 cm³/mol. The number of imide groups is 1. The molecule has 3 aromatic carbocycles. The van der Waals surface area contributed by atoms with Gasteiger partial charge in [0.15, 0.2) is 0 Å². The summed E-state index contributed by atoms with van der Waals surface area (Å²) in [6.45, 7) is 0. The maximum Gasteiger partial charge on any atom is 0.416 e. The van der Waals surface area contributed by atoms with Crippen LogP contribution in [0.1, 0.15) is 16.7 Å². The Bertz CT molecular complexity index is 1320. The molecule has 0 radical (unpaired) electrons. The molecule has 3 aromatic rings. The number of rotatable bonds is 4. The highest BCUT2D eigenvalue weighted by Gasteiger charge is 2.40. The molecule has 0 unspecified atom stereocenters. The van der Waals surface area contributed by atoms with Crippen molar-refractivity contribution < 1.29 is 22.8 Å². The topological polar surface area (TPSA) is 73.2 Å². The van der Waals surface area contributed by atoms with Crippen molar-refractivity contribution in [3.8, 4) is 6.07 Å². The zero-order valence-corrected chi connectivity index (χ0v) is 17.4. The Morgan fingerprint density at radius 3 is 2.18 bits per heavy atom. The van der Waals surface area contributed by atoms with Crippen LogP contribution >= 0.6 is 11.6 Å². The number of alkyl halides is 3. The second-order valence-electron chi connectivity index (χ2n) is 7.06. The van der Waals surface area contributed by atoms with Crippen LogP contribution in [0.5, 0.6) is 0 Å². The number of nitriles is 1. The number of carbonyl (C=O) groups is 2. The first-order valence-electron chi connectivity index (χ1n) is 9.52. The third-order valence-electron chi connectivity index (χ3n) is 4.93. The van der Waals surface area contributed by atoms with Gasteiger partial charge in [0.05, 0.1) is 28.5 Å². The molecule has 0 atom stereocenters. The Balaban J connectivity index is 1.80. The van der Waals surface area contributed by atoms with Gasteiger partial charge in [0, 0.05) is 10.7 Å². The molecule has 9 heteroatoms. The average Bonchev–Trinajstić information content (AvgIpc) is 3.03. The van der Waals surface area contributed by atoms with Crippen molar-refractivity contribution in [3.63, 3.8) is 0 Å². The number of anilines is 2. The van der Waals surface area contributed by atoms with Crippen molar-refractivity contribution in [2.24, 2.45) is 0 Å². The fourth-order valence-electron chi connectivity index (χ4n) is 3.37. The first kappa shape index (κ1) is 22.1. The molecule has 0 aliphatic carbocycles. The van der Waals surface area contributed by atoms with E-state index < -0.39 is 23.6 Å². The van der Waals surface area contributed by atoms with Gasteiger partial charge in [-0.05, 0) is 60.2 Å². The number of nitrogens with zero attached hydrogens (tertiary/aromatic N) is 2. The Hall–Kier alpha value is -4.09. The van der Waals surface area contributed by atoms with Gasteiger partial charge in [0.2, 0.25) is 0 Å². The zero-order chi connectivity index (χ0) is 23.8. The second-order valence-corrected chi connectivity index (χ2v) is 7.50. The van der Waals surface area contributed by atoms with Crippen molar-refractivity contribution in [2.45, 2.75) is 6.18 Å². The Labute approximate surface area is 191 Å². The van der Waals surface area contributed by atoms with Crippen molar-refractivity contribution in [1.82, 2.24) is 0 Å². The van der Waals surface area contributed by atoms with E-state index in [1.807, 2.05) is 6.07 Å². The second kappa shape index (κ2) is 8.45. The Morgan fingerprint density at radius 2 is 1.58 bits per heavy atom. The molecular formula is C24H13ClF3N3O2. The predicted octanol–water partition coefficient (Wildman–Crippen LogP) is 5.63. The third-order valence-corrected chi connectivity index (χ3v) is 5.18. The van der Waals surface area contributed by atoms with Gasteiger partial charge in [-0.15, -0.1) is 0 Å². The highest BCUT2D eigenvalue weighted by Crippen LogP contribution is 2.36. The molecule has 0 bridgehead atoms. The molecule has 1 N–H and O–H groups in total. The minimum atomic E-state index is -4.57. The van der Waals surface area contributed by atoms with Crippen molar-refractivity contribution in [3.05, 3.63) is 100 Å². The van der Waals surface area contributed by atoms with Crippen LogP contribution in [0.3, 0.4) is 0 Å². The molecule has 1 aliphatic heterocycles. The van der Waals surface area contributed by atoms with Crippen molar-refractivity contribution in [1.29, 1.82) is 5.26 Å². The summed E-state index contributed by atoms with van der Waals surface area (Å²) in [7, 11) is 0. The third kappa shape index (κ3) is 4.31. The largest absolute Gasteiger partial charge is 0.416 e. The molecule has 4 rings (SSSR count). The van der Waals surface area contributed by atoms with Crippen LogP contribution in [0, 0.1) is 11.3 Å². The van der Waals surface area contributed by atoms with Crippen LogP contribution < -0.4 is 10.2 Å².